The fourth-order valence-corrected chi connectivity index (χ4v) is 6.79. The third kappa shape index (κ3) is 5.83. The highest BCUT2D eigenvalue weighted by Crippen LogP contribution is 2.33. The maximum absolute atomic E-state index is 3.91. The highest BCUT2D eigenvalue weighted by atomic mass is 127. The lowest BCUT2D eigenvalue weighted by atomic mass is 10.2. The van der Waals surface area contributed by atoms with Gasteiger partial charge in [-0.05, 0) is 109 Å². The van der Waals surface area contributed by atoms with Crippen LogP contribution in [0.15, 0.2) is 49.8 Å². The second kappa shape index (κ2) is 9.90. The molecule has 0 N–H and O–H groups in total. The Morgan fingerprint density at radius 2 is 1.75 bits per heavy atom. The summed E-state index contributed by atoms with van der Waals surface area (Å²) in [6, 6.07) is 6.57. The molecule has 1 rings (SSSR count). The van der Waals surface area contributed by atoms with Gasteiger partial charge in [-0.15, -0.1) is 0 Å². The minimum absolute atomic E-state index is 0.998. The summed E-state index contributed by atoms with van der Waals surface area (Å²) < 4.78 is 5.90. The first-order chi connectivity index (χ1) is 9.40. The molecular formula is C14H12I5N. The first-order valence-corrected chi connectivity index (χ1v) is 11.4. The minimum atomic E-state index is 0.998. The second-order valence-electron chi connectivity index (χ2n) is 3.79. The van der Waals surface area contributed by atoms with E-state index in [1.807, 2.05) is 6.08 Å². The van der Waals surface area contributed by atoms with Gasteiger partial charge < -0.3 is 4.90 Å². The Morgan fingerprint density at radius 3 is 2.20 bits per heavy atom. The van der Waals surface area contributed by atoms with E-state index in [0.717, 1.165) is 8.01 Å². The number of hydrogen-bond donors (Lipinski definition) is 0. The molecule has 0 radical (unpaired) electrons. The molecule has 0 aromatic heterocycles. The predicted octanol–water partition coefficient (Wildman–Crippen LogP) is 6.92. The lowest BCUT2D eigenvalue weighted by molar-refractivity contribution is 1.13. The smallest absolute Gasteiger partial charge is 0.0676 e. The third-order valence-electron chi connectivity index (χ3n) is 2.46. The monoisotopic (exact) mass is 829 g/mol. The highest BCUT2D eigenvalue weighted by Gasteiger charge is 2.14. The van der Waals surface area contributed by atoms with Crippen molar-refractivity contribution in [2.45, 2.75) is 0 Å². The van der Waals surface area contributed by atoms with Gasteiger partial charge in [-0.25, -0.2) is 0 Å². The standard InChI is InChI=1S/C14H12I5N/c1-3-12(18)14(13(19)4-5-15)20(2)11-7-9(16)6-10(17)8-11/h3-4,6-8H,1,5H2,2H3/b13-4+,14-12-. The van der Waals surface area contributed by atoms with Crippen LogP contribution in [0.1, 0.15) is 0 Å². The lowest BCUT2D eigenvalue weighted by Crippen LogP contribution is -2.18. The zero-order valence-electron chi connectivity index (χ0n) is 10.6. The fourth-order valence-electron chi connectivity index (χ4n) is 1.56. The molecule has 0 aliphatic carbocycles. The van der Waals surface area contributed by atoms with Crippen molar-refractivity contribution in [2.75, 3.05) is 16.4 Å². The summed E-state index contributed by atoms with van der Waals surface area (Å²) >= 11 is 11.8. The van der Waals surface area contributed by atoms with E-state index < -0.39 is 0 Å². The summed E-state index contributed by atoms with van der Waals surface area (Å²) in [7, 11) is 2.11. The number of alkyl halides is 1. The maximum atomic E-state index is 3.91. The number of allylic oxidation sites excluding steroid dienone is 4. The molecule has 108 valence electrons. The van der Waals surface area contributed by atoms with Crippen LogP contribution in [0.2, 0.25) is 0 Å². The van der Waals surface area contributed by atoms with Crippen molar-refractivity contribution in [3.8, 4) is 0 Å². The number of benzene rings is 1. The van der Waals surface area contributed by atoms with E-state index in [-0.39, 0.29) is 0 Å². The van der Waals surface area contributed by atoms with Crippen molar-refractivity contribution < 1.29 is 0 Å². The second-order valence-corrected chi connectivity index (χ2v) is 9.49. The van der Waals surface area contributed by atoms with Gasteiger partial charge in [-0.3, -0.25) is 0 Å². The minimum Gasteiger partial charge on any atom is -0.343 e. The van der Waals surface area contributed by atoms with Crippen molar-refractivity contribution in [3.05, 3.63) is 56.9 Å². The molecule has 0 bridgehead atoms. The summed E-state index contributed by atoms with van der Waals surface area (Å²) in [6.45, 7) is 3.91. The summed E-state index contributed by atoms with van der Waals surface area (Å²) in [5.74, 6) is 0. The van der Waals surface area contributed by atoms with Gasteiger partial charge in [-0.1, -0.05) is 41.3 Å². The quantitative estimate of drug-likeness (QED) is 0.177. The van der Waals surface area contributed by atoms with E-state index in [1.54, 1.807) is 0 Å². The SMILES string of the molecule is C=C/C(I)=C(\C(I)=C/CI)N(C)c1cc(I)cc(I)c1. The molecule has 1 aromatic rings. The lowest BCUT2D eigenvalue weighted by Gasteiger charge is -2.24. The van der Waals surface area contributed by atoms with E-state index in [9.17, 15) is 0 Å². The van der Waals surface area contributed by atoms with Crippen LogP contribution >= 0.6 is 113 Å². The molecule has 0 fully saturated rings. The van der Waals surface area contributed by atoms with Crippen LogP contribution in [-0.2, 0) is 0 Å². The van der Waals surface area contributed by atoms with Crippen molar-refractivity contribution in [2.24, 2.45) is 0 Å². The Labute approximate surface area is 188 Å². The molecule has 0 unspecified atom stereocenters. The molecule has 0 aliphatic heterocycles. The van der Waals surface area contributed by atoms with E-state index in [0.29, 0.717) is 0 Å². The van der Waals surface area contributed by atoms with Crippen LogP contribution in [0.25, 0.3) is 0 Å². The zero-order valence-corrected chi connectivity index (χ0v) is 21.4. The summed E-state index contributed by atoms with van der Waals surface area (Å²) in [6.07, 6.45) is 4.14. The number of halogens is 5. The first kappa shape index (κ1) is 19.9. The van der Waals surface area contributed by atoms with Crippen LogP contribution in [0.5, 0.6) is 0 Å². The summed E-state index contributed by atoms with van der Waals surface area (Å²) in [4.78, 5) is 2.23. The Hall–Kier alpha value is 1.89. The number of anilines is 1. The molecule has 0 spiro atoms. The predicted molar refractivity (Wildman–Crippen MR) is 133 cm³/mol. The van der Waals surface area contributed by atoms with Gasteiger partial charge in [0.2, 0.25) is 0 Å². The van der Waals surface area contributed by atoms with Crippen LogP contribution in [0.4, 0.5) is 5.69 Å². The van der Waals surface area contributed by atoms with Gasteiger partial charge in [0.25, 0.3) is 0 Å². The Balaban J connectivity index is 3.35. The fraction of sp³-hybridized carbons (Fsp3) is 0.143. The van der Waals surface area contributed by atoms with Crippen LogP contribution in [0, 0.1) is 7.14 Å². The maximum Gasteiger partial charge on any atom is 0.0676 e. The topological polar surface area (TPSA) is 3.24 Å². The van der Waals surface area contributed by atoms with E-state index in [2.05, 4.69) is 156 Å². The van der Waals surface area contributed by atoms with Gasteiger partial charge >= 0.3 is 0 Å². The number of rotatable bonds is 5. The molecule has 0 heterocycles. The van der Waals surface area contributed by atoms with Crippen LogP contribution in [-0.4, -0.2) is 11.5 Å². The average molecular weight is 829 g/mol. The first-order valence-electron chi connectivity index (χ1n) is 5.54. The van der Waals surface area contributed by atoms with Gasteiger partial charge in [-0.2, -0.15) is 0 Å². The molecule has 1 aromatic carbocycles. The molecule has 0 saturated carbocycles. The normalized spacial score (nSPS) is 13.0. The number of hydrogen-bond acceptors (Lipinski definition) is 1. The number of likely N-dealkylation sites (N-methyl/N-ethyl adjacent to an activating group) is 1. The molecule has 6 heteroatoms. The van der Waals surface area contributed by atoms with Gasteiger partial charge in [0.15, 0.2) is 0 Å². The van der Waals surface area contributed by atoms with Crippen molar-refractivity contribution in [1.82, 2.24) is 0 Å². The molecular weight excluding hydrogens is 817 g/mol. The van der Waals surface area contributed by atoms with Crippen LogP contribution < -0.4 is 4.90 Å². The van der Waals surface area contributed by atoms with Crippen molar-refractivity contribution in [3.63, 3.8) is 0 Å². The highest BCUT2D eigenvalue weighted by molar-refractivity contribution is 14.1. The van der Waals surface area contributed by atoms with Gasteiger partial charge in [0.1, 0.15) is 0 Å². The van der Waals surface area contributed by atoms with Crippen LogP contribution in [0.3, 0.4) is 0 Å². The molecule has 0 atom stereocenters. The van der Waals surface area contributed by atoms with Crippen molar-refractivity contribution in [1.29, 1.82) is 0 Å². The van der Waals surface area contributed by atoms with Gasteiger partial charge in [0, 0.05) is 31.5 Å². The number of nitrogens with zero attached hydrogens (tertiary/aromatic N) is 1. The molecule has 0 saturated heterocycles. The van der Waals surface area contributed by atoms with Gasteiger partial charge in [0.05, 0.1) is 5.70 Å². The molecule has 0 amide bonds. The Morgan fingerprint density at radius 1 is 1.20 bits per heavy atom. The summed E-state index contributed by atoms with van der Waals surface area (Å²) in [5, 5.41) is 0. The molecule has 1 nitrogen and oxygen atoms in total. The molecule has 20 heavy (non-hydrogen) atoms. The van der Waals surface area contributed by atoms with Crippen molar-refractivity contribution >= 4 is 119 Å². The summed E-state index contributed by atoms with van der Waals surface area (Å²) in [5.41, 5.74) is 2.40. The van der Waals surface area contributed by atoms with E-state index >= 15 is 0 Å². The van der Waals surface area contributed by atoms with E-state index in [4.69, 9.17) is 0 Å². The largest absolute Gasteiger partial charge is 0.343 e. The molecule has 0 aliphatic rings. The Bertz CT molecular complexity index is 542. The zero-order chi connectivity index (χ0) is 15.3. The Kier molecular flexibility index (Phi) is 9.87. The third-order valence-corrected chi connectivity index (χ3v) is 6.05. The average Bonchev–Trinajstić information content (AvgIpc) is 2.37. The van der Waals surface area contributed by atoms with E-state index in [1.165, 1.54) is 22.1 Å².